The maximum atomic E-state index is 11.4. The summed E-state index contributed by atoms with van der Waals surface area (Å²) in [5.41, 5.74) is 0.502. The predicted octanol–water partition coefficient (Wildman–Crippen LogP) is -1.29. The van der Waals surface area contributed by atoms with Crippen LogP contribution in [0.3, 0.4) is 0 Å². The van der Waals surface area contributed by atoms with Gasteiger partial charge >= 0.3 is 11.9 Å². The molecule has 0 aromatic heterocycles. The summed E-state index contributed by atoms with van der Waals surface area (Å²) in [6.07, 6.45) is -16.1. The highest BCUT2D eigenvalue weighted by atomic mass is 16.7. The molecule has 262 valence electrons. The van der Waals surface area contributed by atoms with Gasteiger partial charge in [0.25, 0.3) is 0 Å². The summed E-state index contributed by atoms with van der Waals surface area (Å²) in [5.74, 6) is -2.01. The van der Waals surface area contributed by atoms with Gasteiger partial charge in [0.2, 0.25) is 12.6 Å². The maximum Gasteiger partial charge on any atom is 0.302 e. The normalized spacial score (nSPS) is 33.0. The second-order valence-electron chi connectivity index (χ2n) is 11.4. The molecule has 2 aromatic carbocycles. The molecule has 5 rings (SSSR count). The van der Waals surface area contributed by atoms with Gasteiger partial charge in [0.05, 0.1) is 5.56 Å². The summed E-state index contributed by atoms with van der Waals surface area (Å²) >= 11 is 0. The molecule has 0 bridgehead atoms. The van der Waals surface area contributed by atoms with Crippen LogP contribution < -0.4 is 9.47 Å². The number of aliphatic hydroxyl groups excluding tert-OH is 6. The molecule has 0 saturated carbocycles. The molecule has 3 aliphatic heterocycles. The topological polar surface area (TPSA) is 261 Å². The molecule has 3 aliphatic rings. The van der Waals surface area contributed by atoms with Crippen molar-refractivity contribution in [3.05, 3.63) is 53.3 Å². The zero-order valence-electron chi connectivity index (χ0n) is 25.6. The predicted molar refractivity (Wildman–Crippen MR) is 156 cm³/mol. The number of benzene rings is 2. The van der Waals surface area contributed by atoms with Gasteiger partial charge in [-0.25, -0.2) is 0 Å². The van der Waals surface area contributed by atoms with E-state index in [1.807, 2.05) is 0 Å². The number of ether oxygens (including phenoxy) is 7. The minimum atomic E-state index is -1.81. The Morgan fingerprint density at radius 3 is 1.73 bits per heavy atom. The van der Waals surface area contributed by atoms with Crippen LogP contribution in [0.2, 0.25) is 0 Å². The molecule has 0 spiro atoms. The van der Waals surface area contributed by atoms with E-state index in [0.29, 0.717) is 5.56 Å². The van der Waals surface area contributed by atoms with Gasteiger partial charge in [-0.3, -0.25) is 9.59 Å². The van der Waals surface area contributed by atoms with E-state index in [0.717, 1.165) is 19.9 Å². The molecule has 17 heteroatoms. The molecule has 0 aliphatic carbocycles. The van der Waals surface area contributed by atoms with Crippen molar-refractivity contribution < 1.29 is 83.6 Å². The van der Waals surface area contributed by atoms with Crippen molar-refractivity contribution in [1.82, 2.24) is 0 Å². The van der Waals surface area contributed by atoms with Crippen molar-refractivity contribution in [3.63, 3.8) is 0 Å². The van der Waals surface area contributed by atoms with Crippen LogP contribution in [0.15, 0.2) is 42.2 Å². The van der Waals surface area contributed by atoms with E-state index < -0.39 is 92.7 Å². The maximum absolute atomic E-state index is 11.4. The summed E-state index contributed by atoms with van der Waals surface area (Å²) in [5, 5.41) is 83.6. The first-order valence-electron chi connectivity index (χ1n) is 14.8. The SMILES string of the molecule is CC(=O)OCC1OC(OC2=Cc3c(cc(O)cc3OC3OC(COC(C)=O)C(O)C(O)C3O)OC2c2ccc(O)cc2)C(O)C(O)C1O. The Labute approximate surface area is 272 Å². The lowest BCUT2D eigenvalue weighted by atomic mass is 9.98. The number of phenolic OH excluding ortho intramolecular Hbond substituents is 2. The van der Waals surface area contributed by atoms with Gasteiger partial charge in [0.15, 0.2) is 6.10 Å². The number of hydrogen-bond donors (Lipinski definition) is 8. The van der Waals surface area contributed by atoms with Crippen LogP contribution in [0.25, 0.3) is 6.08 Å². The Balaban J connectivity index is 1.49. The van der Waals surface area contributed by atoms with Crippen molar-refractivity contribution in [2.24, 2.45) is 0 Å². The lowest BCUT2D eigenvalue weighted by Gasteiger charge is -2.41. The molecule has 0 radical (unpaired) electrons. The fourth-order valence-electron chi connectivity index (χ4n) is 5.27. The van der Waals surface area contributed by atoms with Crippen LogP contribution >= 0.6 is 0 Å². The Morgan fingerprint density at radius 1 is 0.688 bits per heavy atom. The van der Waals surface area contributed by atoms with Gasteiger partial charge < -0.3 is 74.0 Å². The number of rotatable bonds is 9. The molecule has 8 N–H and O–H groups in total. The van der Waals surface area contributed by atoms with Gasteiger partial charge in [-0.2, -0.15) is 0 Å². The van der Waals surface area contributed by atoms with E-state index in [1.165, 1.54) is 36.4 Å². The number of carbonyl (C=O) groups excluding carboxylic acids is 2. The largest absolute Gasteiger partial charge is 0.508 e. The zero-order valence-corrected chi connectivity index (χ0v) is 25.6. The molecular weight excluding hydrogens is 644 g/mol. The summed E-state index contributed by atoms with van der Waals surface area (Å²) in [7, 11) is 0. The molecule has 2 fully saturated rings. The summed E-state index contributed by atoms with van der Waals surface area (Å²) in [6.45, 7) is 1.32. The molecule has 17 nitrogen and oxygen atoms in total. The van der Waals surface area contributed by atoms with Crippen LogP contribution in [-0.2, 0) is 33.3 Å². The highest BCUT2D eigenvalue weighted by Gasteiger charge is 2.48. The van der Waals surface area contributed by atoms with Gasteiger partial charge in [-0.15, -0.1) is 0 Å². The van der Waals surface area contributed by atoms with Crippen molar-refractivity contribution in [2.45, 2.75) is 81.4 Å². The van der Waals surface area contributed by atoms with Crippen LogP contribution in [0.1, 0.15) is 31.1 Å². The highest BCUT2D eigenvalue weighted by Crippen LogP contribution is 2.45. The second kappa shape index (κ2) is 14.5. The summed E-state index contributed by atoms with van der Waals surface area (Å²) in [4.78, 5) is 22.7. The minimum absolute atomic E-state index is 0.0195. The fourth-order valence-corrected chi connectivity index (χ4v) is 5.27. The lowest BCUT2D eigenvalue weighted by Crippen LogP contribution is -2.60. The van der Waals surface area contributed by atoms with Crippen molar-refractivity contribution in [1.29, 1.82) is 0 Å². The van der Waals surface area contributed by atoms with Crippen molar-refractivity contribution in [2.75, 3.05) is 13.2 Å². The standard InChI is InChI=1S/C31H36O17/c1-12(32)42-10-21-23(36)25(38)27(40)30(47-21)45-19-8-16(35)7-18-17(19)9-20(29(44-18)14-3-5-15(34)6-4-14)46-31-28(41)26(39)24(37)22(48-31)11-43-13(2)33/h3-9,21-31,34-41H,10-11H2,1-2H3. The number of fused-ring (bicyclic) bond motifs is 1. The van der Waals surface area contributed by atoms with E-state index in [-0.39, 0.29) is 34.3 Å². The van der Waals surface area contributed by atoms with Gasteiger partial charge in [-0.1, -0.05) is 12.1 Å². The number of esters is 2. The third-order valence-corrected chi connectivity index (χ3v) is 7.81. The van der Waals surface area contributed by atoms with Gasteiger partial charge in [0, 0.05) is 31.5 Å². The summed E-state index contributed by atoms with van der Waals surface area (Å²) in [6, 6.07) is 8.13. The first-order valence-corrected chi connectivity index (χ1v) is 14.8. The van der Waals surface area contributed by atoms with Crippen LogP contribution in [0, 0.1) is 0 Å². The fraction of sp³-hybridized carbons (Fsp3) is 0.484. The van der Waals surface area contributed by atoms with Gasteiger partial charge in [0.1, 0.15) is 90.8 Å². The number of hydrogen-bond acceptors (Lipinski definition) is 17. The van der Waals surface area contributed by atoms with Crippen LogP contribution in [0.4, 0.5) is 0 Å². The Morgan fingerprint density at radius 2 is 1.21 bits per heavy atom. The van der Waals surface area contributed by atoms with Crippen LogP contribution in [0.5, 0.6) is 23.0 Å². The van der Waals surface area contributed by atoms with Gasteiger partial charge in [-0.05, 0) is 18.2 Å². The lowest BCUT2D eigenvalue weighted by molar-refractivity contribution is -0.294. The first-order chi connectivity index (χ1) is 22.7. The minimum Gasteiger partial charge on any atom is -0.508 e. The number of carbonyl (C=O) groups is 2. The average Bonchev–Trinajstić information content (AvgIpc) is 3.04. The van der Waals surface area contributed by atoms with E-state index in [9.17, 15) is 50.4 Å². The zero-order chi connectivity index (χ0) is 34.9. The van der Waals surface area contributed by atoms with E-state index in [4.69, 9.17) is 33.2 Å². The molecule has 48 heavy (non-hydrogen) atoms. The quantitative estimate of drug-likeness (QED) is 0.143. The smallest absolute Gasteiger partial charge is 0.302 e. The Bertz CT molecular complexity index is 1490. The van der Waals surface area contributed by atoms with E-state index >= 15 is 0 Å². The number of phenols is 2. The van der Waals surface area contributed by atoms with E-state index in [2.05, 4.69) is 0 Å². The number of aliphatic hydroxyl groups is 6. The third kappa shape index (κ3) is 7.58. The molecule has 11 atom stereocenters. The highest BCUT2D eigenvalue weighted by molar-refractivity contribution is 5.70. The molecule has 0 amide bonds. The van der Waals surface area contributed by atoms with E-state index in [1.54, 1.807) is 0 Å². The molecule has 3 heterocycles. The van der Waals surface area contributed by atoms with Crippen molar-refractivity contribution >= 4 is 18.0 Å². The second-order valence-corrected chi connectivity index (χ2v) is 11.4. The van der Waals surface area contributed by atoms with Crippen molar-refractivity contribution in [3.8, 4) is 23.0 Å². The molecular formula is C31H36O17. The molecule has 2 saturated heterocycles. The Hall–Kier alpha value is -4.20. The first kappa shape index (κ1) is 35.1. The molecule has 11 unspecified atom stereocenters. The average molecular weight is 681 g/mol. The number of aromatic hydroxyl groups is 2. The van der Waals surface area contributed by atoms with Crippen LogP contribution in [-0.4, -0.2) is 127 Å². The molecule has 2 aromatic rings. The third-order valence-electron chi connectivity index (χ3n) is 7.81. The Kier molecular flexibility index (Phi) is 10.6. The monoisotopic (exact) mass is 680 g/mol. The summed E-state index contributed by atoms with van der Waals surface area (Å²) < 4.78 is 39.1.